The molecule has 1 aromatic heterocycles. The first-order valence-corrected chi connectivity index (χ1v) is 11.5. The highest BCUT2D eigenvalue weighted by Crippen LogP contribution is 2.42. The van der Waals surface area contributed by atoms with Crippen LogP contribution in [0.3, 0.4) is 0 Å². The summed E-state index contributed by atoms with van der Waals surface area (Å²) in [4.78, 5) is 11.7. The van der Waals surface area contributed by atoms with Crippen LogP contribution in [0.1, 0.15) is 86.4 Å². The number of rotatable bonds is 12. The van der Waals surface area contributed by atoms with E-state index in [0.29, 0.717) is 23.1 Å². The Hall–Kier alpha value is -0.580. The molecule has 2 rings (SSSR count). The Morgan fingerprint density at radius 3 is 2.58 bits per heavy atom. The number of carbonyl (C=O) groups is 1. The number of aromatic carboxylic acids is 1. The van der Waals surface area contributed by atoms with Gasteiger partial charge in [-0.05, 0) is 60.9 Å². The second-order valence-corrected chi connectivity index (χ2v) is 9.15. The lowest BCUT2D eigenvalue weighted by Crippen LogP contribution is -2.21. The number of alkyl halides is 1. The van der Waals surface area contributed by atoms with Gasteiger partial charge in [0.05, 0.1) is 6.10 Å². The lowest BCUT2D eigenvalue weighted by Gasteiger charge is -2.23. The zero-order valence-electron chi connectivity index (χ0n) is 15.8. The molecule has 1 aliphatic carbocycles. The number of carboxylic acids is 1. The molecule has 0 saturated heterocycles. The fraction of sp³-hybridized carbons (Fsp3) is 0.762. The van der Waals surface area contributed by atoms with Gasteiger partial charge in [-0.2, -0.15) is 0 Å². The van der Waals surface area contributed by atoms with Gasteiger partial charge in [0.2, 0.25) is 0 Å². The van der Waals surface area contributed by atoms with Crippen molar-refractivity contribution in [2.24, 2.45) is 11.8 Å². The average molecular weight is 401 g/mol. The number of carboxylic acid groups (broad SMARTS) is 1. The Kier molecular flexibility index (Phi) is 9.44. The van der Waals surface area contributed by atoms with Crippen LogP contribution in [0.25, 0.3) is 0 Å². The highest BCUT2D eigenvalue weighted by Gasteiger charge is 2.40. The summed E-state index contributed by atoms with van der Waals surface area (Å²) in [5.74, 6) is -0.165. The fourth-order valence-electron chi connectivity index (χ4n) is 4.34. The van der Waals surface area contributed by atoms with Gasteiger partial charge in [0, 0.05) is 5.38 Å². The van der Waals surface area contributed by atoms with Gasteiger partial charge in [-0.3, -0.25) is 0 Å². The van der Waals surface area contributed by atoms with Crippen LogP contribution in [0.5, 0.6) is 0 Å². The molecule has 1 saturated carbocycles. The molecular weight excluding hydrogens is 368 g/mol. The number of aliphatic hydroxyl groups is 1. The van der Waals surface area contributed by atoms with E-state index in [1.807, 2.05) is 11.4 Å². The minimum atomic E-state index is -0.831. The topological polar surface area (TPSA) is 57.5 Å². The minimum absolute atomic E-state index is 0.0523. The number of hydrogen-bond donors (Lipinski definition) is 2. The van der Waals surface area contributed by atoms with E-state index < -0.39 is 5.97 Å². The smallest absolute Gasteiger partial charge is 0.346 e. The first kappa shape index (κ1) is 21.7. The van der Waals surface area contributed by atoms with E-state index in [0.717, 1.165) is 31.2 Å². The molecule has 0 aromatic carbocycles. The number of aryl methyl sites for hydroxylation is 1. The predicted molar refractivity (Wildman–Crippen MR) is 109 cm³/mol. The maximum atomic E-state index is 11.2. The first-order valence-electron chi connectivity index (χ1n) is 10.2. The Labute approximate surface area is 166 Å². The van der Waals surface area contributed by atoms with E-state index in [4.69, 9.17) is 11.6 Å². The summed E-state index contributed by atoms with van der Waals surface area (Å²) >= 11 is 7.83. The van der Waals surface area contributed by atoms with Crippen molar-refractivity contribution in [1.82, 2.24) is 0 Å². The van der Waals surface area contributed by atoms with E-state index in [1.165, 1.54) is 49.9 Å². The van der Waals surface area contributed by atoms with E-state index in [-0.39, 0.29) is 11.5 Å². The van der Waals surface area contributed by atoms with Crippen LogP contribution in [0.2, 0.25) is 0 Å². The summed E-state index contributed by atoms with van der Waals surface area (Å²) in [5, 5.41) is 21.5. The van der Waals surface area contributed by atoms with Crippen molar-refractivity contribution in [3.63, 3.8) is 0 Å². The van der Waals surface area contributed by atoms with E-state index >= 15 is 0 Å². The van der Waals surface area contributed by atoms with Gasteiger partial charge in [-0.1, -0.05) is 45.4 Å². The Morgan fingerprint density at radius 1 is 1.15 bits per heavy atom. The molecule has 5 heteroatoms. The maximum absolute atomic E-state index is 11.2. The molecule has 1 aromatic rings. The number of hydrogen-bond acceptors (Lipinski definition) is 3. The molecule has 1 fully saturated rings. The van der Waals surface area contributed by atoms with Gasteiger partial charge < -0.3 is 10.2 Å². The van der Waals surface area contributed by atoms with Crippen molar-refractivity contribution >= 4 is 28.9 Å². The first-order chi connectivity index (χ1) is 12.5. The third-order valence-corrected chi connectivity index (χ3v) is 7.24. The number of thiophene rings is 1. The third kappa shape index (κ3) is 6.24. The molecule has 0 radical (unpaired) electrons. The van der Waals surface area contributed by atoms with Crippen molar-refractivity contribution in [2.45, 2.75) is 89.0 Å². The summed E-state index contributed by atoms with van der Waals surface area (Å²) in [7, 11) is 0. The monoisotopic (exact) mass is 400 g/mol. The van der Waals surface area contributed by atoms with Crippen LogP contribution in [0.15, 0.2) is 11.4 Å². The number of aliphatic hydroxyl groups excluding tert-OH is 1. The summed E-state index contributed by atoms with van der Waals surface area (Å²) in [5.41, 5.74) is 0.930. The van der Waals surface area contributed by atoms with E-state index in [1.54, 1.807) is 0 Å². The fourth-order valence-corrected chi connectivity index (χ4v) is 5.63. The molecule has 0 bridgehead atoms. The molecule has 1 aliphatic rings. The van der Waals surface area contributed by atoms with Crippen molar-refractivity contribution in [1.29, 1.82) is 0 Å². The van der Waals surface area contributed by atoms with Crippen LogP contribution >= 0.6 is 22.9 Å². The summed E-state index contributed by atoms with van der Waals surface area (Å²) < 4.78 is 0. The lowest BCUT2D eigenvalue weighted by atomic mass is 9.85. The second-order valence-electron chi connectivity index (χ2n) is 7.68. The normalized spacial score (nSPS) is 25.7. The molecule has 26 heavy (non-hydrogen) atoms. The molecule has 4 atom stereocenters. The molecular formula is C21H33ClO3S. The SMILES string of the molecule is CCCCCCCC[C@@H]1[C@@H](CCCc2ccsc2C(=O)O)[C@H](Cl)C[C@H]1O. The van der Waals surface area contributed by atoms with E-state index in [2.05, 4.69) is 6.92 Å². The van der Waals surface area contributed by atoms with Gasteiger partial charge in [0.1, 0.15) is 4.88 Å². The zero-order valence-corrected chi connectivity index (χ0v) is 17.4. The van der Waals surface area contributed by atoms with Gasteiger partial charge in [-0.25, -0.2) is 4.79 Å². The summed E-state index contributed by atoms with van der Waals surface area (Å²) in [6, 6.07) is 1.92. The van der Waals surface area contributed by atoms with Crippen molar-refractivity contribution in [2.75, 3.05) is 0 Å². The minimum Gasteiger partial charge on any atom is -0.477 e. The quantitative estimate of drug-likeness (QED) is 0.328. The Morgan fingerprint density at radius 2 is 1.85 bits per heavy atom. The number of halogens is 1. The summed E-state index contributed by atoms with van der Waals surface area (Å²) in [6.45, 7) is 2.23. The molecule has 0 unspecified atom stereocenters. The molecule has 0 spiro atoms. The van der Waals surface area contributed by atoms with Crippen LogP contribution < -0.4 is 0 Å². The highest BCUT2D eigenvalue weighted by molar-refractivity contribution is 7.12. The molecule has 0 aliphatic heterocycles. The Balaban J connectivity index is 1.77. The van der Waals surface area contributed by atoms with Gasteiger partial charge in [0.25, 0.3) is 0 Å². The van der Waals surface area contributed by atoms with Crippen LogP contribution in [0.4, 0.5) is 0 Å². The van der Waals surface area contributed by atoms with Crippen LogP contribution in [-0.2, 0) is 6.42 Å². The summed E-state index contributed by atoms with van der Waals surface area (Å²) in [6.07, 6.45) is 11.8. The van der Waals surface area contributed by atoms with Crippen molar-refractivity contribution in [3.05, 3.63) is 21.9 Å². The third-order valence-electron chi connectivity index (χ3n) is 5.79. The van der Waals surface area contributed by atoms with Gasteiger partial charge >= 0.3 is 5.97 Å². The average Bonchev–Trinajstić information content (AvgIpc) is 3.17. The molecule has 0 amide bonds. The molecule has 3 nitrogen and oxygen atoms in total. The van der Waals surface area contributed by atoms with Crippen molar-refractivity contribution < 1.29 is 15.0 Å². The zero-order chi connectivity index (χ0) is 18.9. The standard InChI is InChI=1S/C21H33ClO3S/c1-2-3-4-5-6-7-10-17-16(18(22)14-19(17)23)11-8-9-15-12-13-26-20(15)21(24)25/h12-13,16-19,23H,2-11,14H2,1H3,(H,24,25)/t16-,17-,18-,19-/m1/s1. The van der Waals surface area contributed by atoms with Crippen LogP contribution in [-0.4, -0.2) is 27.7 Å². The number of unbranched alkanes of at least 4 members (excludes halogenated alkanes) is 5. The van der Waals surface area contributed by atoms with Gasteiger partial charge in [-0.15, -0.1) is 22.9 Å². The molecule has 2 N–H and O–H groups in total. The van der Waals surface area contributed by atoms with Crippen molar-refractivity contribution in [3.8, 4) is 0 Å². The highest BCUT2D eigenvalue weighted by atomic mass is 35.5. The largest absolute Gasteiger partial charge is 0.477 e. The molecule has 148 valence electrons. The van der Waals surface area contributed by atoms with Gasteiger partial charge in [0.15, 0.2) is 0 Å². The predicted octanol–water partition coefficient (Wildman–Crippen LogP) is 6.12. The molecule has 1 heterocycles. The maximum Gasteiger partial charge on any atom is 0.346 e. The van der Waals surface area contributed by atoms with Crippen LogP contribution in [0, 0.1) is 11.8 Å². The lowest BCUT2D eigenvalue weighted by molar-refractivity contribution is 0.0701. The van der Waals surface area contributed by atoms with E-state index in [9.17, 15) is 15.0 Å². The second kappa shape index (κ2) is 11.3. The Bertz CT molecular complexity index is 545.